The summed E-state index contributed by atoms with van der Waals surface area (Å²) in [6, 6.07) is 0.310. The minimum Gasteiger partial charge on any atom is -0.390 e. The molecule has 5 heteroatoms. The van der Waals surface area contributed by atoms with E-state index in [2.05, 4.69) is 5.32 Å². The van der Waals surface area contributed by atoms with Crippen molar-refractivity contribution in [3.8, 4) is 0 Å². The Labute approximate surface area is 80.0 Å². The first-order valence-corrected chi connectivity index (χ1v) is 3.27. The number of halogens is 2. The Hall–Kier alpha value is 0.460. The molecule has 1 aliphatic rings. The molecule has 0 aromatic rings. The van der Waals surface area contributed by atoms with E-state index >= 15 is 0 Å². The van der Waals surface area contributed by atoms with Gasteiger partial charge in [0.2, 0.25) is 0 Å². The van der Waals surface area contributed by atoms with Crippen LogP contribution in [-0.2, 0) is 0 Å². The third-order valence-electron chi connectivity index (χ3n) is 1.81. The average Bonchev–Trinajstić information content (AvgIpc) is 2.13. The van der Waals surface area contributed by atoms with Gasteiger partial charge in [0.05, 0.1) is 6.10 Å². The van der Waals surface area contributed by atoms with Crippen molar-refractivity contribution in [3.05, 3.63) is 0 Å². The summed E-state index contributed by atoms with van der Waals surface area (Å²) in [6.07, 6.45) is -0.181. The minimum atomic E-state index is -0.181. The monoisotopic (exact) mass is 202 g/mol. The summed E-state index contributed by atoms with van der Waals surface area (Å²) in [4.78, 5) is 2.05. The fraction of sp³-hybridized carbons (Fsp3) is 1.00. The Balaban J connectivity index is 0. The number of β-amino-alcohol motifs (C(OH)–C–C–N with tert-alkyl or cyclic N) is 1. The Morgan fingerprint density at radius 1 is 1.27 bits per heavy atom. The highest BCUT2D eigenvalue weighted by Crippen LogP contribution is 2.03. The van der Waals surface area contributed by atoms with Gasteiger partial charge in [0.1, 0.15) is 0 Å². The SMILES string of the molecule is CN(C)[C@@H]1CNC[C@@H]1O.Cl.Cl. The fourth-order valence-electron chi connectivity index (χ4n) is 1.18. The molecule has 0 amide bonds. The summed E-state index contributed by atoms with van der Waals surface area (Å²) in [6.45, 7) is 1.65. The van der Waals surface area contributed by atoms with Crippen LogP contribution in [-0.4, -0.2) is 49.3 Å². The van der Waals surface area contributed by atoms with Gasteiger partial charge >= 0.3 is 0 Å². The second-order valence-electron chi connectivity index (χ2n) is 2.76. The van der Waals surface area contributed by atoms with Crippen LogP contribution in [0.4, 0.5) is 0 Å². The van der Waals surface area contributed by atoms with Gasteiger partial charge in [0, 0.05) is 19.1 Å². The maximum atomic E-state index is 9.26. The van der Waals surface area contributed by atoms with Gasteiger partial charge in [-0.15, -0.1) is 24.8 Å². The molecule has 0 bridgehead atoms. The second-order valence-corrected chi connectivity index (χ2v) is 2.76. The van der Waals surface area contributed by atoms with Gasteiger partial charge in [-0.3, -0.25) is 0 Å². The van der Waals surface area contributed by atoms with Crippen LogP contribution in [0.15, 0.2) is 0 Å². The van der Waals surface area contributed by atoms with E-state index in [0.717, 1.165) is 13.1 Å². The zero-order valence-electron chi connectivity index (χ0n) is 6.78. The molecule has 0 saturated carbocycles. The zero-order chi connectivity index (χ0) is 6.85. The second kappa shape index (κ2) is 6.03. The molecule has 1 aliphatic heterocycles. The molecule has 1 fully saturated rings. The molecule has 11 heavy (non-hydrogen) atoms. The molecule has 0 spiro atoms. The smallest absolute Gasteiger partial charge is 0.0831 e. The fourth-order valence-corrected chi connectivity index (χ4v) is 1.18. The number of aliphatic hydroxyl groups is 1. The van der Waals surface area contributed by atoms with E-state index in [4.69, 9.17) is 0 Å². The molecule has 70 valence electrons. The Bertz CT molecular complexity index is 103. The minimum absolute atomic E-state index is 0. The van der Waals surface area contributed by atoms with Crippen LogP contribution in [0, 0.1) is 0 Å². The van der Waals surface area contributed by atoms with E-state index < -0.39 is 0 Å². The maximum Gasteiger partial charge on any atom is 0.0831 e. The van der Waals surface area contributed by atoms with Crippen molar-refractivity contribution in [2.24, 2.45) is 0 Å². The van der Waals surface area contributed by atoms with E-state index in [1.54, 1.807) is 0 Å². The maximum absolute atomic E-state index is 9.26. The molecular formula is C6H16Cl2N2O. The quantitative estimate of drug-likeness (QED) is 0.615. The lowest BCUT2D eigenvalue weighted by Gasteiger charge is -2.20. The number of aliphatic hydroxyl groups excluding tert-OH is 1. The van der Waals surface area contributed by atoms with Crippen LogP contribution >= 0.6 is 24.8 Å². The summed E-state index contributed by atoms with van der Waals surface area (Å²) < 4.78 is 0. The molecule has 1 rings (SSSR count). The van der Waals surface area contributed by atoms with Crippen molar-refractivity contribution in [1.29, 1.82) is 0 Å². The van der Waals surface area contributed by atoms with Gasteiger partial charge in [-0.1, -0.05) is 0 Å². The molecular weight excluding hydrogens is 187 g/mol. The molecule has 3 nitrogen and oxygen atoms in total. The molecule has 1 heterocycles. The van der Waals surface area contributed by atoms with Gasteiger partial charge in [-0.25, -0.2) is 0 Å². The van der Waals surface area contributed by atoms with Gasteiger partial charge in [-0.05, 0) is 14.1 Å². The standard InChI is InChI=1S/C6H14N2O.2ClH/c1-8(2)5-3-7-4-6(5)9;;/h5-7,9H,3-4H2,1-2H3;2*1H/t5-,6+;;/m1../s1. The van der Waals surface area contributed by atoms with Gasteiger partial charge in [0.25, 0.3) is 0 Å². The van der Waals surface area contributed by atoms with Gasteiger partial charge in [0.15, 0.2) is 0 Å². The molecule has 0 aromatic heterocycles. The number of hydrogen-bond acceptors (Lipinski definition) is 3. The molecule has 1 saturated heterocycles. The average molecular weight is 203 g/mol. The summed E-state index contributed by atoms with van der Waals surface area (Å²) >= 11 is 0. The van der Waals surface area contributed by atoms with Crippen LogP contribution in [0.5, 0.6) is 0 Å². The number of rotatable bonds is 1. The Morgan fingerprint density at radius 2 is 1.82 bits per heavy atom. The third kappa shape index (κ3) is 3.58. The van der Waals surface area contributed by atoms with Crippen molar-refractivity contribution in [2.45, 2.75) is 12.1 Å². The molecule has 2 N–H and O–H groups in total. The van der Waals surface area contributed by atoms with E-state index in [1.807, 2.05) is 19.0 Å². The first kappa shape index (κ1) is 14.0. The highest BCUT2D eigenvalue weighted by Gasteiger charge is 2.25. The summed E-state index contributed by atoms with van der Waals surface area (Å²) in [7, 11) is 3.97. The highest BCUT2D eigenvalue weighted by atomic mass is 35.5. The predicted molar refractivity (Wildman–Crippen MR) is 50.8 cm³/mol. The first-order valence-electron chi connectivity index (χ1n) is 3.27. The molecule has 0 radical (unpaired) electrons. The van der Waals surface area contributed by atoms with Crippen LogP contribution in [0.2, 0.25) is 0 Å². The molecule has 0 aromatic carbocycles. The number of hydrogen-bond donors (Lipinski definition) is 2. The van der Waals surface area contributed by atoms with Crippen LogP contribution in [0.25, 0.3) is 0 Å². The van der Waals surface area contributed by atoms with Crippen molar-refractivity contribution >= 4 is 24.8 Å². The van der Waals surface area contributed by atoms with Gasteiger partial charge < -0.3 is 15.3 Å². The Kier molecular flexibility index (Phi) is 7.68. The normalized spacial score (nSPS) is 29.5. The van der Waals surface area contributed by atoms with Crippen molar-refractivity contribution in [2.75, 3.05) is 27.2 Å². The number of likely N-dealkylation sites (N-methyl/N-ethyl adjacent to an activating group) is 1. The largest absolute Gasteiger partial charge is 0.390 e. The van der Waals surface area contributed by atoms with Crippen molar-refractivity contribution in [1.82, 2.24) is 10.2 Å². The Morgan fingerprint density at radius 3 is 2.00 bits per heavy atom. The van der Waals surface area contributed by atoms with Crippen LogP contribution < -0.4 is 5.32 Å². The zero-order valence-corrected chi connectivity index (χ0v) is 8.41. The number of nitrogens with one attached hydrogen (secondary N) is 1. The third-order valence-corrected chi connectivity index (χ3v) is 1.81. The first-order chi connectivity index (χ1) is 4.22. The topological polar surface area (TPSA) is 35.5 Å². The summed E-state index contributed by atoms with van der Waals surface area (Å²) in [5, 5.41) is 12.4. The lowest BCUT2D eigenvalue weighted by atomic mass is 10.2. The van der Waals surface area contributed by atoms with E-state index in [-0.39, 0.29) is 30.9 Å². The van der Waals surface area contributed by atoms with E-state index in [9.17, 15) is 5.11 Å². The van der Waals surface area contributed by atoms with Crippen LogP contribution in [0.3, 0.4) is 0 Å². The molecule has 0 unspecified atom stereocenters. The summed E-state index contributed by atoms with van der Waals surface area (Å²) in [5.41, 5.74) is 0. The van der Waals surface area contributed by atoms with E-state index in [0.29, 0.717) is 6.04 Å². The lowest BCUT2D eigenvalue weighted by Crippen LogP contribution is -2.37. The lowest BCUT2D eigenvalue weighted by molar-refractivity contribution is 0.114. The van der Waals surface area contributed by atoms with Crippen molar-refractivity contribution in [3.63, 3.8) is 0 Å². The predicted octanol–water partition coefficient (Wildman–Crippen LogP) is -0.276. The van der Waals surface area contributed by atoms with Crippen LogP contribution in [0.1, 0.15) is 0 Å². The van der Waals surface area contributed by atoms with Gasteiger partial charge in [-0.2, -0.15) is 0 Å². The molecule has 0 aliphatic carbocycles. The molecule has 2 atom stereocenters. The highest BCUT2D eigenvalue weighted by molar-refractivity contribution is 5.85. The number of nitrogens with zero attached hydrogens (tertiary/aromatic N) is 1. The van der Waals surface area contributed by atoms with Crippen molar-refractivity contribution < 1.29 is 5.11 Å². The summed E-state index contributed by atoms with van der Waals surface area (Å²) in [5.74, 6) is 0. The van der Waals surface area contributed by atoms with E-state index in [1.165, 1.54) is 0 Å².